The molecule has 0 radical (unpaired) electrons. The van der Waals surface area contributed by atoms with Crippen LogP contribution in [0.3, 0.4) is 0 Å². The maximum Gasteiger partial charge on any atom is 0.0450 e. The molecular weight excluding hydrogens is 242 g/mol. The highest BCUT2D eigenvalue weighted by Crippen LogP contribution is 2.14. The van der Waals surface area contributed by atoms with Crippen LogP contribution in [0, 0.1) is 0 Å². The first-order valence-electron chi connectivity index (χ1n) is 6.02. The van der Waals surface area contributed by atoms with Crippen LogP contribution in [0.4, 0.5) is 0 Å². The van der Waals surface area contributed by atoms with Crippen LogP contribution in [-0.4, -0.2) is 6.54 Å². The zero-order valence-electron chi connectivity index (χ0n) is 10.1. The number of nitrogens with one attached hydrogen (secondary N) is 1. The van der Waals surface area contributed by atoms with E-state index < -0.39 is 0 Å². The molecule has 0 aliphatic carbocycles. The fraction of sp³-hybridized carbons (Fsp3) is 0.125. The van der Waals surface area contributed by atoms with Gasteiger partial charge in [-0.3, -0.25) is 0 Å². The van der Waals surface area contributed by atoms with Gasteiger partial charge in [0, 0.05) is 18.1 Å². The molecule has 2 aromatic rings. The highest BCUT2D eigenvalue weighted by Gasteiger charge is 1.96. The smallest absolute Gasteiger partial charge is 0.0450 e. The summed E-state index contributed by atoms with van der Waals surface area (Å²) < 4.78 is 0. The van der Waals surface area contributed by atoms with Crippen LogP contribution in [0.25, 0.3) is 6.08 Å². The zero-order chi connectivity index (χ0) is 12.6. The Bertz CT molecular complexity index is 506. The van der Waals surface area contributed by atoms with Gasteiger partial charge in [0.1, 0.15) is 0 Å². The molecule has 0 unspecified atom stereocenters. The second kappa shape index (κ2) is 7.00. The van der Waals surface area contributed by atoms with E-state index in [0.29, 0.717) is 0 Å². The van der Waals surface area contributed by atoms with Crippen molar-refractivity contribution in [2.24, 2.45) is 0 Å². The number of rotatable bonds is 5. The van der Waals surface area contributed by atoms with E-state index in [9.17, 15) is 0 Å². The average Bonchev–Trinajstić information content (AvgIpc) is 2.42. The topological polar surface area (TPSA) is 12.0 Å². The van der Waals surface area contributed by atoms with Crippen molar-refractivity contribution in [3.8, 4) is 0 Å². The minimum atomic E-state index is 0.790. The first kappa shape index (κ1) is 12.9. The summed E-state index contributed by atoms with van der Waals surface area (Å²) in [5.74, 6) is 0. The number of halogens is 1. The molecule has 0 aliphatic heterocycles. The summed E-state index contributed by atoms with van der Waals surface area (Å²) in [6.07, 6.45) is 4.23. The van der Waals surface area contributed by atoms with Gasteiger partial charge in [0.15, 0.2) is 0 Å². The summed E-state index contributed by atoms with van der Waals surface area (Å²) in [7, 11) is 0. The lowest BCUT2D eigenvalue weighted by molar-refractivity contribution is 0.761. The molecule has 2 aromatic carbocycles. The molecule has 0 spiro atoms. The van der Waals surface area contributed by atoms with Gasteiger partial charge in [-0.05, 0) is 17.2 Å². The predicted octanol–water partition coefficient (Wildman–Crippen LogP) is 4.14. The number of hydrogen-bond acceptors (Lipinski definition) is 1. The minimum absolute atomic E-state index is 0.790. The van der Waals surface area contributed by atoms with Gasteiger partial charge in [0.05, 0.1) is 0 Å². The molecule has 0 bridgehead atoms. The summed E-state index contributed by atoms with van der Waals surface area (Å²) in [6.45, 7) is 1.62. The van der Waals surface area contributed by atoms with E-state index in [1.807, 2.05) is 42.5 Å². The Labute approximate surface area is 113 Å². The third-order valence-electron chi connectivity index (χ3n) is 2.65. The van der Waals surface area contributed by atoms with Crippen molar-refractivity contribution in [1.29, 1.82) is 0 Å². The Kier molecular flexibility index (Phi) is 5.00. The third-order valence-corrected chi connectivity index (χ3v) is 3.01. The fourth-order valence-corrected chi connectivity index (χ4v) is 1.89. The lowest BCUT2D eigenvalue weighted by Crippen LogP contribution is -2.12. The lowest BCUT2D eigenvalue weighted by Gasteiger charge is -2.03. The minimum Gasteiger partial charge on any atom is -0.309 e. The van der Waals surface area contributed by atoms with Crippen molar-refractivity contribution >= 4 is 17.7 Å². The molecule has 1 nitrogen and oxygen atoms in total. The highest BCUT2D eigenvalue weighted by atomic mass is 35.5. The van der Waals surface area contributed by atoms with Gasteiger partial charge in [-0.1, -0.05) is 72.3 Å². The molecular formula is C16H16ClN. The third kappa shape index (κ3) is 4.02. The number of benzene rings is 2. The predicted molar refractivity (Wildman–Crippen MR) is 78.6 cm³/mol. The SMILES string of the molecule is Clc1ccccc1CNCC=Cc1ccccc1. The van der Waals surface area contributed by atoms with Crippen molar-refractivity contribution in [3.63, 3.8) is 0 Å². The van der Waals surface area contributed by atoms with Crippen LogP contribution in [0.5, 0.6) is 0 Å². The lowest BCUT2D eigenvalue weighted by atomic mass is 10.2. The van der Waals surface area contributed by atoms with E-state index in [2.05, 4.69) is 29.6 Å². The fourth-order valence-electron chi connectivity index (χ4n) is 1.69. The van der Waals surface area contributed by atoms with Crippen molar-refractivity contribution in [3.05, 3.63) is 76.8 Å². The highest BCUT2D eigenvalue weighted by molar-refractivity contribution is 6.31. The molecule has 0 aliphatic rings. The van der Waals surface area contributed by atoms with Crippen LogP contribution in [0.15, 0.2) is 60.7 Å². The van der Waals surface area contributed by atoms with E-state index in [0.717, 1.165) is 23.7 Å². The molecule has 0 heterocycles. The molecule has 2 heteroatoms. The van der Waals surface area contributed by atoms with Crippen molar-refractivity contribution in [2.45, 2.75) is 6.54 Å². The van der Waals surface area contributed by atoms with Crippen LogP contribution in [0.1, 0.15) is 11.1 Å². The molecule has 92 valence electrons. The maximum atomic E-state index is 6.07. The van der Waals surface area contributed by atoms with Crippen LogP contribution in [-0.2, 0) is 6.54 Å². The Balaban J connectivity index is 1.77. The Morgan fingerprint density at radius 3 is 2.44 bits per heavy atom. The Morgan fingerprint density at radius 2 is 1.67 bits per heavy atom. The van der Waals surface area contributed by atoms with E-state index in [4.69, 9.17) is 11.6 Å². The van der Waals surface area contributed by atoms with Crippen LogP contribution >= 0.6 is 11.6 Å². The summed E-state index contributed by atoms with van der Waals surface area (Å²) in [5.41, 5.74) is 2.35. The largest absolute Gasteiger partial charge is 0.309 e. The van der Waals surface area contributed by atoms with E-state index >= 15 is 0 Å². The normalized spacial score (nSPS) is 10.9. The quantitative estimate of drug-likeness (QED) is 0.794. The summed E-state index contributed by atoms with van der Waals surface area (Å²) in [5, 5.41) is 4.16. The summed E-state index contributed by atoms with van der Waals surface area (Å²) in [6, 6.07) is 18.2. The summed E-state index contributed by atoms with van der Waals surface area (Å²) >= 11 is 6.07. The van der Waals surface area contributed by atoms with Gasteiger partial charge < -0.3 is 5.32 Å². The monoisotopic (exact) mass is 257 g/mol. The van der Waals surface area contributed by atoms with Gasteiger partial charge in [-0.15, -0.1) is 0 Å². The van der Waals surface area contributed by atoms with Gasteiger partial charge in [-0.2, -0.15) is 0 Å². The number of hydrogen-bond donors (Lipinski definition) is 1. The molecule has 0 amide bonds. The molecule has 2 rings (SSSR count). The molecule has 1 N–H and O–H groups in total. The second-order valence-electron chi connectivity index (χ2n) is 4.04. The van der Waals surface area contributed by atoms with Gasteiger partial charge in [-0.25, -0.2) is 0 Å². The Morgan fingerprint density at radius 1 is 0.944 bits per heavy atom. The van der Waals surface area contributed by atoms with Gasteiger partial charge >= 0.3 is 0 Å². The maximum absolute atomic E-state index is 6.07. The van der Waals surface area contributed by atoms with Gasteiger partial charge in [0.2, 0.25) is 0 Å². The van der Waals surface area contributed by atoms with Crippen molar-refractivity contribution in [1.82, 2.24) is 5.32 Å². The molecule has 18 heavy (non-hydrogen) atoms. The zero-order valence-corrected chi connectivity index (χ0v) is 10.9. The molecule has 0 saturated heterocycles. The molecule has 0 atom stereocenters. The molecule has 0 aromatic heterocycles. The van der Waals surface area contributed by atoms with Crippen LogP contribution in [0.2, 0.25) is 5.02 Å². The standard InChI is InChI=1S/C16H16ClN/c17-16-11-5-4-10-15(16)13-18-12-6-9-14-7-2-1-3-8-14/h1-11,18H,12-13H2. The first-order valence-corrected chi connectivity index (χ1v) is 6.40. The summed E-state index contributed by atoms with van der Waals surface area (Å²) in [4.78, 5) is 0. The molecule has 0 saturated carbocycles. The molecule has 0 fully saturated rings. The first-order chi connectivity index (χ1) is 8.86. The second-order valence-corrected chi connectivity index (χ2v) is 4.44. The van der Waals surface area contributed by atoms with Crippen molar-refractivity contribution in [2.75, 3.05) is 6.54 Å². The van der Waals surface area contributed by atoms with Crippen LogP contribution < -0.4 is 5.32 Å². The van der Waals surface area contributed by atoms with Crippen molar-refractivity contribution < 1.29 is 0 Å². The van der Waals surface area contributed by atoms with E-state index in [1.54, 1.807) is 0 Å². The van der Waals surface area contributed by atoms with E-state index in [-0.39, 0.29) is 0 Å². The Hall–Kier alpha value is -1.57. The van der Waals surface area contributed by atoms with Gasteiger partial charge in [0.25, 0.3) is 0 Å². The van der Waals surface area contributed by atoms with E-state index in [1.165, 1.54) is 5.56 Å². The average molecular weight is 258 g/mol.